The number of hydrogen-bond acceptors (Lipinski definition) is 2. The molecule has 1 unspecified atom stereocenters. The van der Waals surface area contributed by atoms with Gasteiger partial charge in [-0.15, -0.1) is 0 Å². The van der Waals surface area contributed by atoms with E-state index in [0.717, 1.165) is 12.3 Å². The number of hydrogen-bond donors (Lipinski definition) is 1. The number of aryl methyl sites for hydroxylation is 1. The monoisotopic (exact) mass is 209 g/mol. The molecule has 0 amide bonds. The number of nitrogens with one attached hydrogen (secondary N) is 1. The van der Waals surface area contributed by atoms with E-state index in [4.69, 9.17) is 4.42 Å². The van der Waals surface area contributed by atoms with Gasteiger partial charge in [-0.1, -0.05) is 20.8 Å². The molecule has 0 aromatic carbocycles. The van der Waals surface area contributed by atoms with Crippen LogP contribution in [0.3, 0.4) is 0 Å². The Morgan fingerprint density at radius 2 is 2.13 bits per heavy atom. The molecule has 0 bridgehead atoms. The third-order valence-corrected chi connectivity index (χ3v) is 2.50. The fraction of sp³-hybridized carbons (Fsp3) is 0.692. The Labute approximate surface area is 93.1 Å². The summed E-state index contributed by atoms with van der Waals surface area (Å²) in [5.41, 5.74) is 1.29. The molecule has 1 aromatic heterocycles. The maximum absolute atomic E-state index is 5.37. The highest BCUT2D eigenvalue weighted by atomic mass is 16.3. The first-order chi connectivity index (χ1) is 7.13. The molecule has 1 N–H and O–H groups in total. The Bertz CT molecular complexity index is 278. The third-order valence-electron chi connectivity index (χ3n) is 2.50. The molecule has 0 aliphatic heterocycles. The summed E-state index contributed by atoms with van der Waals surface area (Å²) in [5.74, 6) is 1.70. The molecule has 0 spiro atoms. The quantitative estimate of drug-likeness (QED) is 0.773. The molecular weight excluding hydrogens is 186 g/mol. The van der Waals surface area contributed by atoms with E-state index in [1.54, 1.807) is 0 Å². The normalized spacial score (nSPS) is 13.4. The second kappa shape index (κ2) is 5.96. The van der Waals surface area contributed by atoms with Crippen molar-refractivity contribution in [1.82, 2.24) is 5.32 Å². The predicted molar refractivity (Wildman–Crippen MR) is 63.9 cm³/mol. The zero-order valence-corrected chi connectivity index (χ0v) is 10.3. The zero-order valence-electron chi connectivity index (χ0n) is 10.3. The smallest absolute Gasteiger partial charge is 0.101 e. The molecule has 2 nitrogen and oxygen atoms in total. The fourth-order valence-corrected chi connectivity index (χ4v) is 1.77. The van der Waals surface area contributed by atoms with E-state index in [2.05, 4.69) is 32.2 Å². The van der Waals surface area contributed by atoms with Crippen molar-refractivity contribution in [2.75, 3.05) is 6.54 Å². The topological polar surface area (TPSA) is 25.2 Å². The minimum Gasteiger partial charge on any atom is -0.469 e. The van der Waals surface area contributed by atoms with Crippen LogP contribution in [-0.4, -0.2) is 6.54 Å². The molecule has 1 aromatic rings. The van der Waals surface area contributed by atoms with Gasteiger partial charge in [0.15, 0.2) is 0 Å². The summed E-state index contributed by atoms with van der Waals surface area (Å²) in [4.78, 5) is 0. The van der Waals surface area contributed by atoms with E-state index in [0.29, 0.717) is 12.0 Å². The van der Waals surface area contributed by atoms with Crippen LogP contribution >= 0.6 is 0 Å². The highest BCUT2D eigenvalue weighted by Crippen LogP contribution is 2.23. The van der Waals surface area contributed by atoms with Crippen molar-refractivity contribution in [3.8, 4) is 0 Å². The lowest BCUT2D eigenvalue weighted by Crippen LogP contribution is -2.23. The van der Waals surface area contributed by atoms with Crippen molar-refractivity contribution in [2.24, 2.45) is 5.92 Å². The van der Waals surface area contributed by atoms with Crippen LogP contribution in [0.5, 0.6) is 0 Å². The van der Waals surface area contributed by atoms with Crippen molar-refractivity contribution in [1.29, 1.82) is 0 Å². The maximum Gasteiger partial charge on any atom is 0.101 e. The Balaban J connectivity index is 2.62. The van der Waals surface area contributed by atoms with Crippen LogP contribution in [0.1, 0.15) is 51.0 Å². The van der Waals surface area contributed by atoms with Gasteiger partial charge in [-0.25, -0.2) is 0 Å². The first-order valence-corrected chi connectivity index (χ1v) is 5.92. The standard InChI is InChI=1S/C13H23NO/c1-5-6-14-13(7-10(2)3)12-8-11(4)15-9-12/h8-10,13-14H,5-7H2,1-4H3. The third kappa shape index (κ3) is 4.08. The van der Waals surface area contributed by atoms with Gasteiger partial charge in [0.05, 0.1) is 6.26 Å². The Kier molecular flexibility index (Phi) is 4.89. The van der Waals surface area contributed by atoms with E-state index in [-0.39, 0.29) is 0 Å². The summed E-state index contributed by atoms with van der Waals surface area (Å²) in [6.07, 6.45) is 4.22. The van der Waals surface area contributed by atoms with Crippen LogP contribution in [0.4, 0.5) is 0 Å². The lowest BCUT2D eigenvalue weighted by atomic mass is 9.99. The van der Waals surface area contributed by atoms with Crippen molar-refractivity contribution in [2.45, 2.75) is 46.6 Å². The van der Waals surface area contributed by atoms with Gasteiger partial charge in [0.25, 0.3) is 0 Å². The van der Waals surface area contributed by atoms with Crippen molar-refractivity contribution in [3.63, 3.8) is 0 Å². The fourth-order valence-electron chi connectivity index (χ4n) is 1.77. The molecule has 0 saturated heterocycles. The molecule has 1 heterocycles. The molecule has 15 heavy (non-hydrogen) atoms. The van der Waals surface area contributed by atoms with E-state index in [1.165, 1.54) is 18.4 Å². The van der Waals surface area contributed by atoms with Gasteiger partial charge in [-0.05, 0) is 38.3 Å². The van der Waals surface area contributed by atoms with Crippen molar-refractivity contribution in [3.05, 3.63) is 23.7 Å². The Morgan fingerprint density at radius 1 is 1.40 bits per heavy atom. The average molecular weight is 209 g/mol. The lowest BCUT2D eigenvalue weighted by molar-refractivity contribution is 0.425. The molecule has 0 saturated carbocycles. The van der Waals surface area contributed by atoms with Gasteiger partial charge >= 0.3 is 0 Å². The number of furan rings is 1. The second-order valence-corrected chi connectivity index (χ2v) is 4.63. The van der Waals surface area contributed by atoms with Gasteiger partial charge in [0, 0.05) is 11.6 Å². The molecule has 0 fully saturated rings. The molecule has 0 radical (unpaired) electrons. The second-order valence-electron chi connectivity index (χ2n) is 4.63. The molecular formula is C13H23NO. The minimum absolute atomic E-state index is 0.447. The highest BCUT2D eigenvalue weighted by molar-refractivity contribution is 5.16. The molecule has 0 aliphatic rings. The highest BCUT2D eigenvalue weighted by Gasteiger charge is 2.14. The van der Waals surface area contributed by atoms with E-state index >= 15 is 0 Å². The van der Waals surface area contributed by atoms with Gasteiger partial charge < -0.3 is 9.73 Å². The SMILES string of the molecule is CCCNC(CC(C)C)c1coc(C)c1. The molecule has 1 atom stereocenters. The average Bonchev–Trinajstić information content (AvgIpc) is 2.58. The van der Waals surface area contributed by atoms with Crippen LogP contribution in [0.15, 0.2) is 16.7 Å². The summed E-state index contributed by atoms with van der Waals surface area (Å²) >= 11 is 0. The van der Waals surface area contributed by atoms with Crippen molar-refractivity contribution >= 4 is 0 Å². The number of rotatable bonds is 6. The van der Waals surface area contributed by atoms with Gasteiger partial charge in [-0.2, -0.15) is 0 Å². The molecule has 1 rings (SSSR count). The van der Waals surface area contributed by atoms with Crippen molar-refractivity contribution < 1.29 is 4.42 Å². The summed E-state index contributed by atoms with van der Waals surface area (Å²) in [7, 11) is 0. The summed E-state index contributed by atoms with van der Waals surface area (Å²) < 4.78 is 5.37. The maximum atomic E-state index is 5.37. The van der Waals surface area contributed by atoms with Gasteiger partial charge in [0.2, 0.25) is 0 Å². The first-order valence-electron chi connectivity index (χ1n) is 5.92. The largest absolute Gasteiger partial charge is 0.469 e. The van der Waals surface area contributed by atoms with E-state index < -0.39 is 0 Å². The summed E-state index contributed by atoms with van der Waals surface area (Å²) in [5, 5.41) is 3.57. The van der Waals surface area contributed by atoms with Crippen LogP contribution < -0.4 is 5.32 Å². The lowest BCUT2D eigenvalue weighted by Gasteiger charge is -2.18. The Hall–Kier alpha value is -0.760. The van der Waals surface area contributed by atoms with Crippen LogP contribution in [0, 0.1) is 12.8 Å². The van der Waals surface area contributed by atoms with Crippen LogP contribution in [0.2, 0.25) is 0 Å². The zero-order chi connectivity index (χ0) is 11.3. The van der Waals surface area contributed by atoms with Gasteiger partial charge in [0.1, 0.15) is 5.76 Å². The van der Waals surface area contributed by atoms with E-state index in [9.17, 15) is 0 Å². The summed E-state index contributed by atoms with van der Waals surface area (Å²) in [6.45, 7) is 9.78. The molecule has 86 valence electrons. The Morgan fingerprint density at radius 3 is 2.60 bits per heavy atom. The minimum atomic E-state index is 0.447. The predicted octanol–water partition coefficient (Wildman–Crippen LogP) is 3.67. The summed E-state index contributed by atoms with van der Waals surface area (Å²) in [6, 6.07) is 2.58. The van der Waals surface area contributed by atoms with E-state index in [1.807, 2.05) is 13.2 Å². The first kappa shape index (κ1) is 12.3. The van der Waals surface area contributed by atoms with Gasteiger partial charge in [-0.3, -0.25) is 0 Å². The molecule has 2 heteroatoms. The van der Waals surface area contributed by atoms with Crippen LogP contribution in [0.25, 0.3) is 0 Å². The molecule has 0 aliphatic carbocycles. The van der Waals surface area contributed by atoms with Crippen LogP contribution in [-0.2, 0) is 0 Å².